The van der Waals surface area contributed by atoms with Crippen molar-refractivity contribution in [2.24, 2.45) is 0 Å². The van der Waals surface area contributed by atoms with Gasteiger partial charge in [0.2, 0.25) is 0 Å². The Kier molecular flexibility index (Phi) is 3.96. The van der Waals surface area contributed by atoms with Crippen molar-refractivity contribution in [2.75, 3.05) is 7.11 Å². The average molecular weight is 236 g/mol. The number of halogens is 3. The summed E-state index contributed by atoms with van der Waals surface area (Å²) in [6.07, 6.45) is -1.65. The number of hydrogen-bond donors (Lipinski definition) is 0. The molecule has 0 aromatic carbocycles. The molecule has 15 heavy (non-hydrogen) atoms. The average Bonchev–Trinajstić information content (AvgIpc) is 2.26. The molecule has 0 radical (unpaired) electrons. The molecule has 1 aromatic rings. The summed E-state index contributed by atoms with van der Waals surface area (Å²) in [6.45, 7) is 0. The van der Waals surface area contributed by atoms with Crippen LogP contribution in [0.3, 0.4) is 0 Å². The van der Waals surface area contributed by atoms with Gasteiger partial charge < -0.3 is 4.74 Å². The van der Waals surface area contributed by atoms with Gasteiger partial charge in [0.1, 0.15) is 5.69 Å². The molecule has 0 saturated carbocycles. The van der Waals surface area contributed by atoms with Crippen molar-refractivity contribution < 1.29 is 18.3 Å². The van der Waals surface area contributed by atoms with Gasteiger partial charge in [-0.25, -0.2) is 13.6 Å². The van der Waals surface area contributed by atoms with Crippen LogP contribution in [-0.2, 0) is 10.6 Å². The van der Waals surface area contributed by atoms with Gasteiger partial charge in [-0.1, -0.05) is 0 Å². The Labute approximate surface area is 90.0 Å². The van der Waals surface area contributed by atoms with Crippen LogP contribution >= 0.6 is 11.6 Å². The van der Waals surface area contributed by atoms with Crippen molar-refractivity contribution in [1.29, 1.82) is 0 Å². The molecule has 1 rings (SSSR count). The van der Waals surface area contributed by atoms with E-state index in [0.717, 1.165) is 7.11 Å². The fraction of sp³-hybridized carbons (Fsp3) is 0.333. The summed E-state index contributed by atoms with van der Waals surface area (Å²) < 4.78 is 29.5. The van der Waals surface area contributed by atoms with Crippen molar-refractivity contribution in [3.63, 3.8) is 0 Å². The highest BCUT2D eigenvalue weighted by molar-refractivity contribution is 6.17. The number of carbonyl (C=O) groups is 1. The van der Waals surface area contributed by atoms with Crippen LogP contribution in [0.15, 0.2) is 12.3 Å². The van der Waals surface area contributed by atoms with Crippen LogP contribution in [0.5, 0.6) is 0 Å². The van der Waals surface area contributed by atoms with Gasteiger partial charge in [-0.3, -0.25) is 4.98 Å². The third-order valence-electron chi connectivity index (χ3n) is 1.81. The summed E-state index contributed by atoms with van der Waals surface area (Å²) in [7, 11) is 1.11. The molecule has 0 bridgehead atoms. The standard InChI is InChI=1S/C9H8ClF2NO2/c1-15-9(14)6-5(4-10)2-3-13-7(6)8(11)12/h2-3,8H,4H2,1H3. The second-order valence-corrected chi connectivity index (χ2v) is 2.92. The summed E-state index contributed by atoms with van der Waals surface area (Å²) in [6, 6.07) is 1.41. The molecule has 6 heteroatoms. The molecule has 0 aliphatic heterocycles. The molecule has 0 fully saturated rings. The number of pyridine rings is 1. The number of ether oxygens (including phenoxy) is 1. The first-order valence-electron chi connectivity index (χ1n) is 4.02. The van der Waals surface area contributed by atoms with E-state index >= 15 is 0 Å². The monoisotopic (exact) mass is 235 g/mol. The van der Waals surface area contributed by atoms with E-state index in [1.54, 1.807) is 0 Å². The molecular formula is C9H8ClF2NO2. The molecule has 82 valence electrons. The van der Waals surface area contributed by atoms with Gasteiger partial charge in [-0.05, 0) is 11.6 Å². The quantitative estimate of drug-likeness (QED) is 0.597. The van der Waals surface area contributed by atoms with Crippen LogP contribution in [0, 0.1) is 0 Å². The van der Waals surface area contributed by atoms with Crippen LogP contribution in [0.25, 0.3) is 0 Å². The highest BCUT2D eigenvalue weighted by atomic mass is 35.5. The first-order valence-corrected chi connectivity index (χ1v) is 4.55. The van der Waals surface area contributed by atoms with E-state index in [2.05, 4.69) is 9.72 Å². The molecule has 1 heterocycles. The maximum Gasteiger partial charge on any atom is 0.340 e. The van der Waals surface area contributed by atoms with E-state index in [1.165, 1.54) is 12.3 Å². The molecule has 0 N–H and O–H groups in total. The summed E-state index contributed by atoms with van der Waals surface area (Å²) in [5.74, 6) is -0.902. The van der Waals surface area contributed by atoms with Crippen LogP contribution in [0.4, 0.5) is 8.78 Å². The maximum atomic E-state index is 12.5. The zero-order valence-corrected chi connectivity index (χ0v) is 8.59. The van der Waals surface area contributed by atoms with Crippen molar-refractivity contribution in [3.8, 4) is 0 Å². The summed E-state index contributed by atoms with van der Waals surface area (Å²) in [5.41, 5.74) is -0.557. The predicted molar refractivity (Wildman–Crippen MR) is 50.1 cm³/mol. The lowest BCUT2D eigenvalue weighted by atomic mass is 10.1. The van der Waals surface area contributed by atoms with Gasteiger partial charge in [-0.2, -0.15) is 0 Å². The summed E-state index contributed by atoms with van der Waals surface area (Å²) >= 11 is 5.53. The highest BCUT2D eigenvalue weighted by Gasteiger charge is 2.23. The molecule has 3 nitrogen and oxygen atoms in total. The Balaban J connectivity index is 3.33. The lowest BCUT2D eigenvalue weighted by Crippen LogP contribution is -2.11. The van der Waals surface area contributed by atoms with Gasteiger partial charge in [0, 0.05) is 12.1 Å². The Bertz CT molecular complexity index is 371. The molecule has 0 spiro atoms. The molecule has 0 saturated heterocycles. The Morgan fingerprint density at radius 1 is 1.67 bits per heavy atom. The van der Waals surface area contributed by atoms with Crippen molar-refractivity contribution in [1.82, 2.24) is 4.98 Å². The Morgan fingerprint density at radius 3 is 2.80 bits per heavy atom. The van der Waals surface area contributed by atoms with Crippen LogP contribution in [-0.4, -0.2) is 18.1 Å². The van der Waals surface area contributed by atoms with Gasteiger partial charge in [0.05, 0.1) is 12.7 Å². The number of alkyl halides is 3. The zero-order chi connectivity index (χ0) is 11.4. The van der Waals surface area contributed by atoms with E-state index < -0.39 is 18.1 Å². The summed E-state index contributed by atoms with van der Waals surface area (Å²) in [4.78, 5) is 14.7. The van der Waals surface area contributed by atoms with Gasteiger partial charge in [-0.15, -0.1) is 11.6 Å². The third kappa shape index (κ3) is 2.41. The molecule has 0 amide bonds. The molecule has 0 unspecified atom stereocenters. The Hall–Kier alpha value is -1.23. The summed E-state index contributed by atoms with van der Waals surface area (Å²) in [5, 5.41) is 0. The van der Waals surface area contributed by atoms with Crippen LogP contribution in [0.2, 0.25) is 0 Å². The topological polar surface area (TPSA) is 39.2 Å². The number of nitrogens with zero attached hydrogens (tertiary/aromatic N) is 1. The van der Waals surface area contributed by atoms with E-state index in [9.17, 15) is 13.6 Å². The smallest absolute Gasteiger partial charge is 0.340 e. The fourth-order valence-corrected chi connectivity index (χ4v) is 1.36. The van der Waals surface area contributed by atoms with Gasteiger partial charge in [0.25, 0.3) is 6.43 Å². The highest BCUT2D eigenvalue weighted by Crippen LogP contribution is 2.24. The first-order chi connectivity index (χ1) is 7.11. The second-order valence-electron chi connectivity index (χ2n) is 2.66. The lowest BCUT2D eigenvalue weighted by Gasteiger charge is -2.09. The molecular weight excluding hydrogens is 228 g/mol. The number of methoxy groups -OCH3 is 1. The second kappa shape index (κ2) is 5.02. The number of aromatic nitrogens is 1. The minimum absolute atomic E-state index is 0.0489. The molecule has 0 aliphatic carbocycles. The van der Waals surface area contributed by atoms with Crippen LogP contribution in [0.1, 0.15) is 28.0 Å². The Morgan fingerprint density at radius 2 is 2.33 bits per heavy atom. The lowest BCUT2D eigenvalue weighted by molar-refractivity contribution is 0.0586. The van der Waals surface area contributed by atoms with E-state index in [0.29, 0.717) is 0 Å². The van der Waals surface area contributed by atoms with Gasteiger partial charge >= 0.3 is 5.97 Å². The predicted octanol–water partition coefficient (Wildman–Crippen LogP) is 2.54. The number of esters is 1. The molecule has 1 aromatic heterocycles. The van der Waals surface area contributed by atoms with E-state index in [4.69, 9.17) is 11.6 Å². The maximum absolute atomic E-state index is 12.5. The van der Waals surface area contributed by atoms with Crippen LogP contribution < -0.4 is 0 Å². The van der Waals surface area contributed by atoms with E-state index in [-0.39, 0.29) is 17.0 Å². The normalized spacial score (nSPS) is 10.5. The molecule has 0 aliphatic rings. The SMILES string of the molecule is COC(=O)c1c(CCl)ccnc1C(F)F. The minimum Gasteiger partial charge on any atom is -0.465 e. The van der Waals surface area contributed by atoms with Crippen molar-refractivity contribution in [3.05, 3.63) is 29.1 Å². The fourth-order valence-electron chi connectivity index (χ4n) is 1.13. The van der Waals surface area contributed by atoms with Gasteiger partial charge in [0.15, 0.2) is 0 Å². The first kappa shape index (κ1) is 11.8. The number of rotatable bonds is 3. The third-order valence-corrected chi connectivity index (χ3v) is 2.09. The van der Waals surface area contributed by atoms with E-state index in [1.807, 2.05) is 0 Å². The van der Waals surface area contributed by atoms with Crippen molar-refractivity contribution in [2.45, 2.75) is 12.3 Å². The zero-order valence-electron chi connectivity index (χ0n) is 7.84. The number of hydrogen-bond acceptors (Lipinski definition) is 3. The minimum atomic E-state index is -2.83. The molecule has 0 atom stereocenters. The largest absolute Gasteiger partial charge is 0.465 e. The van der Waals surface area contributed by atoms with Crippen molar-refractivity contribution >= 4 is 17.6 Å². The number of carbonyl (C=O) groups excluding carboxylic acids is 1.